The number of nitrogens with zero attached hydrogens (tertiary/aromatic N) is 4. The van der Waals surface area contributed by atoms with E-state index in [0.717, 1.165) is 56.2 Å². The summed E-state index contributed by atoms with van der Waals surface area (Å²) >= 11 is 0. The molecule has 2 aliphatic rings. The second kappa shape index (κ2) is 6.92. The van der Waals surface area contributed by atoms with E-state index >= 15 is 0 Å². The van der Waals surface area contributed by atoms with E-state index in [2.05, 4.69) is 63.9 Å². The molecule has 0 atom stereocenters. The molecule has 0 aliphatic carbocycles. The molecule has 0 radical (unpaired) electrons. The maximum Gasteiger partial charge on any atom is 0.137 e. The Bertz CT molecular complexity index is 1460. The highest BCUT2D eigenvalue weighted by Gasteiger charge is 2.07. The monoisotopic (exact) mass is 401 g/mol. The first kappa shape index (κ1) is 17.6. The number of aryl methyl sites for hydroxylation is 1. The lowest BCUT2D eigenvalue weighted by atomic mass is 10.3. The van der Waals surface area contributed by atoms with E-state index in [0.29, 0.717) is 0 Å². The summed E-state index contributed by atoms with van der Waals surface area (Å²) in [5.41, 5.74) is 8.86. The first-order valence-corrected chi connectivity index (χ1v) is 10.2. The van der Waals surface area contributed by atoms with Crippen LogP contribution >= 0.6 is 0 Å². The van der Waals surface area contributed by atoms with Gasteiger partial charge < -0.3 is 4.98 Å². The fraction of sp³-hybridized carbons (Fsp3) is 0.0385. The van der Waals surface area contributed by atoms with Crippen LogP contribution in [-0.2, 0) is 0 Å². The van der Waals surface area contributed by atoms with E-state index < -0.39 is 0 Å². The number of rotatable bonds is 1. The van der Waals surface area contributed by atoms with Crippen LogP contribution in [0.4, 0.5) is 0 Å². The Morgan fingerprint density at radius 3 is 1.74 bits per heavy atom. The second-order valence-corrected chi connectivity index (χ2v) is 7.75. The summed E-state index contributed by atoms with van der Waals surface area (Å²) in [6.07, 6.45) is 9.98. The number of hydrogen-bond acceptors (Lipinski definition) is 3. The first-order chi connectivity index (χ1) is 15.2. The number of nitrogens with one attached hydrogen (secondary N) is 1. The zero-order chi connectivity index (χ0) is 20.8. The molecule has 4 aromatic heterocycles. The van der Waals surface area contributed by atoms with Crippen molar-refractivity contribution in [3.8, 4) is 5.82 Å². The number of hydrogen-bond donors (Lipinski definition) is 1. The van der Waals surface area contributed by atoms with E-state index in [1.54, 1.807) is 0 Å². The predicted molar refractivity (Wildman–Crippen MR) is 126 cm³/mol. The lowest BCUT2D eigenvalue weighted by Crippen LogP contribution is -1.97. The van der Waals surface area contributed by atoms with E-state index in [1.807, 2.05) is 48.7 Å². The fourth-order valence-corrected chi connectivity index (χ4v) is 3.93. The van der Waals surface area contributed by atoms with E-state index in [9.17, 15) is 0 Å². The van der Waals surface area contributed by atoms with Gasteiger partial charge in [-0.2, -0.15) is 0 Å². The SMILES string of the molecule is Cc1ccnc(-n2c3ccc2cc2nc(cc4ccc(cc5nc(c3)C=C5)[nH]4)C=C2)c1. The Morgan fingerprint density at radius 1 is 0.645 bits per heavy atom. The van der Waals surface area contributed by atoms with Gasteiger partial charge in [0.15, 0.2) is 0 Å². The number of H-pyrrole nitrogens is 1. The molecule has 1 N–H and O–H groups in total. The standard InChI is InChI=1S/C26H19N5/c1-17-10-11-27-26(12-17)31-24-8-9-25(31)16-23-7-5-21(30-23)14-19-3-2-18(28-19)13-20-4-6-22(15-24)29-20/h2-16,28H,1H3. The van der Waals surface area contributed by atoms with Crippen LogP contribution < -0.4 is 0 Å². The Balaban J connectivity index is 1.72. The van der Waals surface area contributed by atoms with Gasteiger partial charge in [-0.25, -0.2) is 15.0 Å². The van der Waals surface area contributed by atoms with Crippen LogP contribution in [0.1, 0.15) is 28.3 Å². The third-order valence-electron chi connectivity index (χ3n) is 5.37. The minimum atomic E-state index is 0.873. The summed E-state index contributed by atoms with van der Waals surface area (Å²) in [5.74, 6) is 0.873. The highest BCUT2D eigenvalue weighted by atomic mass is 15.1. The van der Waals surface area contributed by atoms with Crippen molar-refractivity contribution in [1.29, 1.82) is 0 Å². The van der Waals surface area contributed by atoms with Gasteiger partial charge in [-0.15, -0.1) is 0 Å². The number of aromatic nitrogens is 5. The number of fused-ring (bicyclic) bond motifs is 8. The normalized spacial score (nSPS) is 12.4. The van der Waals surface area contributed by atoms with Crippen molar-refractivity contribution >= 4 is 46.4 Å². The fourth-order valence-electron chi connectivity index (χ4n) is 3.93. The molecule has 6 rings (SSSR count). The first-order valence-electron chi connectivity index (χ1n) is 10.2. The van der Waals surface area contributed by atoms with E-state index in [1.165, 1.54) is 0 Å². The van der Waals surface area contributed by atoms with Gasteiger partial charge >= 0.3 is 0 Å². The molecule has 0 saturated carbocycles. The third-order valence-corrected chi connectivity index (χ3v) is 5.37. The Kier molecular flexibility index (Phi) is 3.93. The molecule has 2 aliphatic heterocycles. The van der Waals surface area contributed by atoms with Gasteiger partial charge in [-0.05, 0) is 97.5 Å². The lowest BCUT2D eigenvalue weighted by molar-refractivity contribution is 1.07. The Labute approximate surface area is 179 Å². The molecule has 0 fully saturated rings. The maximum atomic E-state index is 4.77. The average Bonchev–Trinajstić information content (AvgIpc) is 3.53. The molecule has 0 aromatic carbocycles. The molecule has 0 saturated heterocycles. The zero-order valence-corrected chi connectivity index (χ0v) is 16.9. The van der Waals surface area contributed by atoms with Crippen molar-refractivity contribution in [1.82, 2.24) is 24.5 Å². The van der Waals surface area contributed by atoms with Crippen molar-refractivity contribution in [2.24, 2.45) is 0 Å². The highest BCUT2D eigenvalue weighted by molar-refractivity contribution is 5.78. The van der Waals surface area contributed by atoms with Gasteiger partial charge in [-0.1, -0.05) is 0 Å². The van der Waals surface area contributed by atoms with Gasteiger partial charge in [0.2, 0.25) is 0 Å². The predicted octanol–water partition coefficient (Wildman–Crippen LogP) is 5.82. The molecule has 0 spiro atoms. The van der Waals surface area contributed by atoms with Crippen LogP contribution in [0.25, 0.3) is 52.2 Å². The summed E-state index contributed by atoms with van der Waals surface area (Å²) in [6.45, 7) is 2.08. The topological polar surface area (TPSA) is 59.4 Å². The number of aromatic amines is 1. The molecule has 6 heterocycles. The Hall–Kier alpha value is -4.25. The molecule has 0 amide bonds. The van der Waals surface area contributed by atoms with Crippen LogP contribution in [-0.4, -0.2) is 24.5 Å². The molecular formula is C26H19N5. The summed E-state index contributed by atoms with van der Waals surface area (Å²) in [5, 5.41) is 0. The van der Waals surface area contributed by atoms with Crippen LogP contribution in [0.3, 0.4) is 0 Å². The van der Waals surface area contributed by atoms with E-state index in [4.69, 9.17) is 9.97 Å². The van der Waals surface area contributed by atoms with Crippen LogP contribution in [0.5, 0.6) is 0 Å². The molecule has 8 bridgehead atoms. The summed E-state index contributed by atoms with van der Waals surface area (Å²) in [6, 6.07) is 20.7. The minimum Gasteiger partial charge on any atom is -0.355 e. The van der Waals surface area contributed by atoms with Gasteiger partial charge in [-0.3, -0.25) is 4.57 Å². The van der Waals surface area contributed by atoms with Crippen LogP contribution in [0, 0.1) is 6.92 Å². The maximum absolute atomic E-state index is 4.77. The molecule has 5 nitrogen and oxygen atoms in total. The van der Waals surface area contributed by atoms with Crippen molar-refractivity contribution in [2.75, 3.05) is 0 Å². The minimum absolute atomic E-state index is 0.873. The smallest absolute Gasteiger partial charge is 0.137 e. The summed E-state index contributed by atoms with van der Waals surface area (Å²) in [7, 11) is 0. The molecule has 148 valence electrons. The van der Waals surface area contributed by atoms with Crippen molar-refractivity contribution in [3.63, 3.8) is 0 Å². The quantitative estimate of drug-likeness (QED) is 0.378. The molecular weight excluding hydrogens is 382 g/mol. The summed E-state index contributed by atoms with van der Waals surface area (Å²) in [4.78, 5) is 17.6. The van der Waals surface area contributed by atoms with Crippen molar-refractivity contribution in [2.45, 2.75) is 6.92 Å². The van der Waals surface area contributed by atoms with Gasteiger partial charge in [0, 0.05) is 28.3 Å². The lowest BCUT2D eigenvalue weighted by Gasteiger charge is -2.06. The highest BCUT2D eigenvalue weighted by Crippen LogP contribution is 2.22. The molecule has 0 unspecified atom stereocenters. The largest absolute Gasteiger partial charge is 0.355 e. The van der Waals surface area contributed by atoms with Gasteiger partial charge in [0.25, 0.3) is 0 Å². The number of pyridine rings is 1. The van der Waals surface area contributed by atoms with E-state index in [-0.39, 0.29) is 0 Å². The zero-order valence-electron chi connectivity index (χ0n) is 16.9. The Morgan fingerprint density at radius 2 is 1.19 bits per heavy atom. The summed E-state index contributed by atoms with van der Waals surface area (Å²) < 4.78 is 2.14. The second-order valence-electron chi connectivity index (χ2n) is 7.75. The van der Waals surface area contributed by atoms with Gasteiger partial charge in [0.1, 0.15) is 5.82 Å². The third kappa shape index (κ3) is 3.36. The molecule has 5 heteroatoms. The van der Waals surface area contributed by atoms with Crippen LogP contribution in [0.2, 0.25) is 0 Å². The molecule has 31 heavy (non-hydrogen) atoms. The van der Waals surface area contributed by atoms with Crippen molar-refractivity contribution in [3.05, 3.63) is 95.2 Å². The van der Waals surface area contributed by atoms with Crippen molar-refractivity contribution < 1.29 is 0 Å². The van der Waals surface area contributed by atoms with Gasteiger partial charge in [0.05, 0.1) is 22.8 Å². The average molecular weight is 401 g/mol. The molecule has 4 aromatic rings. The van der Waals surface area contributed by atoms with Crippen LogP contribution in [0.15, 0.2) is 66.9 Å².